The Kier molecular flexibility index (Phi) is 4.10. The van der Waals surface area contributed by atoms with Crippen LogP contribution < -0.4 is 16.1 Å². The van der Waals surface area contributed by atoms with E-state index < -0.39 is 23.8 Å². The third-order valence-electron chi connectivity index (χ3n) is 5.38. The number of anilines is 2. The summed E-state index contributed by atoms with van der Waals surface area (Å²) < 4.78 is 8.61. The summed E-state index contributed by atoms with van der Waals surface area (Å²) in [7, 11) is 2.76. The van der Waals surface area contributed by atoms with E-state index in [1.165, 1.54) is 17.2 Å². The van der Waals surface area contributed by atoms with Crippen LogP contribution in [0.25, 0.3) is 11.2 Å². The number of imidazole rings is 1. The van der Waals surface area contributed by atoms with E-state index >= 15 is 0 Å². The van der Waals surface area contributed by atoms with E-state index in [2.05, 4.69) is 21.5 Å². The van der Waals surface area contributed by atoms with E-state index in [1.54, 1.807) is 7.05 Å². The molecular formula is C19H21N5O4. The fraction of sp³-hybridized carbons (Fsp3) is 0.368. The Morgan fingerprint density at radius 3 is 2.68 bits per heavy atom. The maximum atomic E-state index is 13.0. The molecule has 146 valence electrons. The van der Waals surface area contributed by atoms with Crippen molar-refractivity contribution in [3.63, 3.8) is 0 Å². The van der Waals surface area contributed by atoms with Crippen molar-refractivity contribution in [3.05, 3.63) is 50.2 Å². The van der Waals surface area contributed by atoms with Gasteiger partial charge in [0.25, 0.3) is 5.56 Å². The molecule has 3 aromatic rings. The van der Waals surface area contributed by atoms with Gasteiger partial charge in [-0.25, -0.2) is 9.36 Å². The molecule has 0 aliphatic carbocycles. The Morgan fingerprint density at radius 1 is 1.21 bits per heavy atom. The minimum absolute atomic E-state index is 0.307. The molecule has 2 aromatic heterocycles. The molecule has 0 bridgehead atoms. The minimum atomic E-state index is -0.656. The van der Waals surface area contributed by atoms with Gasteiger partial charge in [0.2, 0.25) is 5.95 Å². The molecule has 0 saturated carbocycles. The highest BCUT2D eigenvalue weighted by atomic mass is 16.5. The summed E-state index contributed by atoms with van der Waals surface area (Å²) in [4.78, 5) is 43.9. The SMILES string of the molecule is COC(=O)Cn1c(=O)c2c(nc3n2CCN3c2cccc(C)c2C)n(C)c1=O. The Balaban J connectivity index is 1.95. The zero-order valence-electron chi connectivity index (χ0n) is 16.2. The minimum Gasteiger partial charge on any atom is -0.468 e. The van der Waals surface area contributed by atoms with E-state index in [9.17, 15) is 14.4 Å². The Hall–Kier alpha value is -3.36. The molecule has 28 heavy (non-hydrogen) atoms. The highest BCUT2D eigenvalue weighted by Gasteiger charge is 2.29. The molecule has 0 amide bonds. The molecule has 0 saturated heterocycles. The molecule has 0 N–H and O–H groups in total. The van der Waals surface area contributed by atoms with Crippen LogP contribution in [0.4, 0.5) is 11.6 Å². The lowest BCUT2D eigenvalue weighted by Crippen LogP contribution is -2.41. The predicted molar refractivity (Wildman–Crippen MR) is 104 cm³/mol. The zero-order chi connectivity index (χ0) is 20.2. The summed E-state index contributed by atoms with van der Waals surface area (Å²) in [6.45, 7) is 4.90. The molecule has 4 rings (SSSR count). The van der Waals surface area contributed by atoms with Gasteiger partial charge in [0.15, 0.2) is 11.2 Å². The van der Waals surface area contributed by atoms with Crippen LogP contribution in [0.2, 0.25) is 0 Å². The number of ether oxygens (including phenoxy) is 1. The third kappa shape index (κ3) is 2.46. The number of fused-ring (bicyclic) bond motifs is 3. The summed E-state index contributed by atoms with van der Waals surface area (Å²) in [5.41, 5.74) is 2.81. The molecule has 9 nitrogen and oxygen atoms in total. The number of carbonyl (C=O) groups excluding carboxylic acids is 1. The number of aromatic nitrogens is 4. The van der Waals surface area contributed by atoms with Crippen molar-refractivity contribution in [1.82, 2.24) is 18.7 Å². The van der Waals surface area contributed by atoms with Crippen molar-refractivity contribution < 1.29 is 9.53 Å². The van der Waals surface area contributed by atoms with Crippen molar-refractivity contribution in [1.29, 1.82) is 0 Å². The molecule has 3 heterocycles. The second kappa shape index (κ2) is 6.36. The van der Waals surface area contributed by atoms with Gasteiger partial charge in [-0.1, -0.05) is 12.1 Å². The fourth-order valence-electron chi connectivity index (χ4n) is 3.67. The molecule has 1 aliphatic rings. The number of methoxy groups -OCH3 is 1. The van der Waals surface area contributed by atoms with E-state index in [4.69, 9.17) is 0 Å². The largest absolute Gasteiger partial charge is 0.468 e. The average Bonchev–Trinajstić information content (AvgIpc) is 3.25. The number of benzene rings is 1. The lowest BCUT2D eigenvalue weighted by Gasteiger charge is -2.19. The van der Waals surface area contributed by atoms with Crippen LogP contribution in [-0.4, -0.2) is 38.3 Å². The topological polar surface area (TPSA) is 91.4 Å². The van der Waals surface area contributed by atoms with E-state index in [1.807, 2.05) is 29.7 Å². The number of nitrogens with zero attached hydrogens (tertiary/aromatic N) is 5. The maximum absolute atomic E-state index is 13.0. The van der Waals surface area contributed by atoms with Gasteiger partial charge in [0, 0.05) is 25.8 Å². The van der Waals surface area contributed by atoms with Crippen LogP contribution >= 0.6 is 0 Å². The summed E-state index contributed by atoms with van der Waals surface area (Å²) >= 11 is 0. The lowest BCUT2D eigenvalue weighted by molar-refractivity contribution is -0.141. The first-order valence-electron chi connectivity index (χ1n) is 8.95. The first-order chi connectivity index (χ1) is 13.3. The molecule has 9 heteroatoms. The number of esters is 1. The van der Waals surface area contributed by atoms with E-state index in [0.29, 0.717) is 30.2 Å². The molecule has 0 radical (unpaired) electrons. The first-order valence-corrected chi connectivity index (χ1v) is 8.95. The fourth-order valence-corrected chi connectivity index (χ4v) is 3.67. The Labute approximate surface area is 160 Å². The molecule has 0 unspecified atom stereocenters. The van der Waals surface area contributed by atoms with Crippen molar-refractivity contribution in [2.75, 3.05) is 18.6 Å². The van der Waals surface area contributed by atoms with Crippen LogP contribution in [0.3, 0.4) is 0 Å². The summed E-state index contributed by atoms with van der Waals surface area (Å²) in [5.74, 6) is -0.0386. The lowest BCUT2D eigenvalue weighted by atomic mass is 10.1. The zero-order valence-corrected chi connectivity index (χ0v) is 16.2. The predicted octanol–water partition coefficient (Wildman–Crippen LogP) is 0.838. The highest BCUT2D eigenvalue weighted by molar-refractivity contribution is 5.79. The summed E-state index contributed by atoms with van der Waals surface area (Å²) in [6.07, 6.45) is 0. The van der Waals surface area contributed by atoms with Gasteiger partial charge < -0.3 is 14.2 Å². The van der Waals surface area contributed by atoms with Gasteiger partial charge in [-0.15, -0.1) is 0 Å². The van der Waals surface area contributed by atoms with Crippen LogP contribution in [0.1, 0.15) is 11.1 Å². The van der Waals surface area contributed by atoms with E-state index in [-0.39, 0.29) is 0 Å². The van der Waals surface area contributed by atoms with Gasteiger partial charge in [-0.05, 0) is 31.0 Å². The van der Waals surface area contributed by atoms with Crippen LogP contribution in [-0.2, 0) is 29.7 Å². The standard InChI is InChI=1S/C19H21N5O4/c1-11-6-5-7-13(12(11)2)22-8-9-23-15-16(20-18(22)23)21(3)19(27)24(17(15)26)10-14(25)28-4/h5-7H,8-10H2,1-4H3. The Morgan fingerprint density at radius 2 is 1.96 bits per heavy atom. The number of carbonyl (C=O) groups is 1. The van der Waals surface area contributed by atoms with Gasteiger partial charge in [0.05, 0.1) is 7.11 Å². The highest BCUT2D eigenvalue weighted by Crippen LogP contribution is 2.34. The monoisotopic (exact) mass is 383 g/mol. The van der Waals surface area contributed by atoms with Crippen molar-refractivity contribution >= 4 is 28.8 Å². The summed E-state index contributed by atoms with van der Waals surface area (Å²) in [6, 6.07) is 6.06. The molecule has 0 spiro atoms. The van der Waals surface area contributed by atoms with Gasteiger partial charge in [-0.2, -0.15) is 4.98 Å². The first kappa shape index (κ1) is 18.0. The normalized spacial score (nSPS) is 13.2. The molecule has 1 aliphatic heterocycles. The molecular weight excluding hydrogens is 362 g/mol. The van der Waals surface area contributed by atoms with E-state index in [0.717, 1.165) is 15.8 Å². The number of hydrogen-bond acceptors (Lipinski definition) is 6. The summed E-state index contributed by atoms with van der Waals surface area (Å²) in [5, 5.41) is 0. The average molecular weight is 383 g/mol. The van der Waals surface area contributed by atoms with Crippen molar-refractivity contribution in [2.45, 2.75) is 26.9 Å². The number of aryl methyl sites for hydroxylation is 2. The molecule has 0 atom stereocenters. The van der Waals surface area contributed by atoms with Crippen LogP contribution in [0, 0.1) is 13.8 Å². The van der Waals surface area contributed by atoms with Gasteiger partial charge in [0.1, 0.15) is 6.54 Å². The van der Waals surface area contributed by atoms with Crippen molar-refractivity contribution in [2.24, 2.45) is 7.05 Å². The third-order valence-corrected chi connectivity index (χ3v) is 5.38. The quantitative estimate of drug-likeness (QED) is 0.623. The molecule has 0 fully saturated rings. The number of rotatable bonds is 3. The van der Waals surface area contributed by atoms with Crippen LogP contribution in [0.5, 0.6) is 0 Å². The molecule has 1 aromatic carbocycles. The number of hydrogen-bond donors (Lipinski definition) is 0. The second-order valence-corrected chi connectivity index (χ2v) is 6.92. The second-order valence-electron chi connectivity index (χ2n) is 6.92. The van der Waals surface area contributed by atoms with Crippen LogP contribution in [0.15, 0.2) is 27.8 Å². The van der Waals surface area contributed by atoms with Gasteiger partial charge >= 0.3 is 11.7 Å². The smallest absolute Gasteiger partial charge is 0.333 e. The Bertz CT molecular complexity index is 1230. The van der Waals surface area contributed by atoms with Crippen molar-refractivity contribution in [3.8, 4) is 0 Å². The van der Waals surface area contributed by atoms with Gasteiger partial charge in [-0.3, -0.25) is 14.2 Å². The maximum Gasteiger partial charge on any atom is 0.333 e.